The lowest BCUT2D eigenvalue weighted by Gasteiger charge is -2.29. The van der Waals surface area contributed by atoms with Crippen molar-refractivity contribution in [2.45, 2.75) is 64.5 Å². The van der Waals surface area contributed by atoms with Gasteiger partial charge >= 0.3 is 0 Å². The van der Waals surface area contributed by atoms with E-state index in [4.69, 9.17) is 4.74 Å². The van der Waals surface area contributed by atoms with Crippen molar-refractivity contribution < 1.29 is 4.74 Å². The predicted molar refractivity (Wildman–Crippen MR) is 139 cm³/mol. The molecule has 2 atom stereocenters. The van der Waals surface area contributed by atoms with Crippen molar-refractivity contribution in [1.29, 1.82) is 5.26 Å². The minimum Gasteiger partial charge on any atom is -0.378 e. The molecule has 3 heterocycles. The minimum atomic E-state index is 0.0274. The Kier molecular flexibility index (Phi) is 6.97. The second kappa shape index (κ2) is 10.5. The van der Waals surface area contributed by atoms with E-state index < -0.39 is 0 Å². The van der Waals surface area contributed by atoms with E-state index in [0.29, 0.717) is 24.4 Å². The van der Waals surface area contributed by atoms with E-state index in [9.17, 15) is 10.1 Å². The third-order valence-electron chi connectivity index (χ3n) is 7.11. The lowest BCUT2D eigenvalue weighted by molar-refractivity contribution is 0.00578. The maximum absolute atomic E-state index is 14.1. The molecule has 2 unspecified atom stereocenters. The van der Waals surface area contributed by atoms with Crippen LogP contribution < -0.4 is 5.56 Å². The van der Waals surface area contributed by atoms with Crippen LogP contribution in [0.15, 0.2) is 59.7 Å². The number of rotatable bonds is 7. The van der Waals surface area contributed by atoms with E-state index in [-0.39, 0.29) is 17.7 Å². The van der Waals surface area contributed by atoms with E-state index in [1.807, 2.05) is 45.5 Å². The Morgan fingerprint density at radius 3 is 2.72 bits per heavy atom. The van der Waals surface area contributed by atoms with Gasteiger partial charge in [0, 0.05) is 24.6 Å². The quantitative estimate of drug-likeness (QED) is 0.366. The number of hydrogen-bond donors (Lipinski definition) is 0. The molecule has 5 rings (SSSR count). The van der Waals surface area contributed by atoms with Crippen molar-refractivity contribution in [1.82, 2.24) is 19.2 Å². The number of nitriles is 1. The highest BCUT2D eigenvalue weighted by molar-refractivity contribution is 5.70. The zero-order valence-corrected chi connectivity index (χ0v) is 20.9. The molecule has 0 aliphatic carbocycles. The largest absolute Gasteiger partial charge is 0.378 e. The smallest absolute Gasteiger partial charge is 0.259 e. The van der Waals surface area contributed by atoms with Crippen molar-refractivity contribution in [3.05, 3.63) is 87.6 Å². The first kappa shape index (κ1) is 24.0. The first-order chi connectivity index (χ1) is 17.6. The van der Waals surface area contributed by atoms with Crippen molar-refractivity contribution in [2.75, 3.05) is 6.61 Å². The molecule has 2 aromatic heterocycles. The molecular formula is C29H31N5O2. The van der Waals surface area contributed by atoms with E-state index in [2.05, 4.69) is 42.1 Å². The topological polar surface area (TPSA) is 85.2 Å². The third-order valence-corrected chi connectivity index (χ3v) is 7.11. The first-order valence-electron chi connectivity index (χ1n) is 12.8. The molecule has 7 nitrogen and oxygen atoms in total. The third kappa shape index (κ3) is 4.57. The summed E-state index contributed by atoms with van der Waals surface area (Å²) in [5, 5.41) is 14.0. The average molecular weight is 482 g/mol. The van der Waals surface area contributed by atoms with E-state index in [0.717, 1.165) is 60.1 Å². The van der Waals surface area contributed by atoms with Crippen LogP contribution in [0.1, 0.15) is 68.0 Å². The second-order valence-corrected chi connectivity index (χ2v) is 9.57. The van der Waals surface area contributed by atoms with Gasteiger partial charge in [-0.3, -0.25) is 9.36 Å². The number of hydrogen-bond acceptors (Lipinski definition) is 5. The lowest BCUT2D eigenvalue weighted by Crippen LogP contribution is -2.36. The molecule has 0 amide bonds. The summed E-state index contributed by atoms with van der Waals surface area (Å²) in [7, 11) is 0. The van der Waals surface area contributed by atoms with E-state index >= 15 is 0 Å². The fourth-order valence-electron chi connectivity index (χ4n) is 5.23. The Bertz CT molecular complexity index is 1460. The van der Waals surface area contributed by atoms with Gasteiger partial charge in [0.15, 0.2) is 0 Å². The van der Waals surface area contributed by atoms with Crippen LogP contribution in [0.25, 0.3) is 16.9 Å². The summed E-state index contributed by atoms with van der Waals surface area (Å²) in [6.07, 6.45) is 6.52. The van der Waals surface area contributed by atoms with E-state index in [1.165, 1.54) is 0 Å². The molecule has 36 heavy (non-hydrogen) atoms. The van der Waals surface area contributed by atoms with Crippen molar-refractivity contribution in [3.63, 3.8) is 0 Å². The van der Waals surface area contributed by atoms with Gasteiger partial charge in [0.05, 0.1) is 23.4 Å². The van der Waals surface area contributed by atoms with Crippen LogP contribution in [0.4, 0.5) is 0 Å². The van der Waals surface area contributed by atoms with Gasteiger partial charge in [-0.1, -0.05) is 55.8 Å². The van der Waals surface area contributed by atoms with Gasteiger partial charge in [0.1, 0.15) is 6.33 Å². The average Bonchev–Trinajstić information content (AvgIpc) is 3.38. The Labute approximate surface area is 211 Å². The summed E-state index contributed by atoms with van der Waals surface area (Å²) in [6, 6.07) is 18.1. The van der Waals surface area contributed by atoms with Crippen LogP contribution in [-0.2, 0) is 17.6 Å². The maximum Gasteiger partial charge on any atom is 0.259 e. The zero-order chi connectivity index (χ0) is 25.1. The van der Waals surface area contributed by atoms with E-state index in [1.54, 1.807) is 6.33 Å². The number of aromatic nitrogens is 4. The Morgan fingerprint density at radius 2 is 1.97 bits per heavy atom. The fraction of sp³-hybridized carbons (Fsp3) is 0.379. The van der Waals surface area contributed by atoms with Crippen LogP contribution in [0.2, 0.25) is 0 Å². The highest BCUT2D eigenvalue weighted by Gasteiger charge is 2.27. The SMILES string of the molecule is CCCCc1c(Cc2ccc(-c3ccccc3C#N)cc2)c(=O)n(C2CCOC(C)C2)c2ncnn12. The molecule has 0 bridgehead atoms. The summed E-state index contributed by atoms with van der Waals surface area (Å²) >= 11 is 0. The fourth-order valence-corrected chi connectivity index (χ4v) is 5.23. The molecule has 1 aliphatic heterocycles. The van der Waals surface area contributed by atoms with Crippen molar-refractivity contribution in [2.24, 2.45) is 0 Å². The monoisotopic (exact) mass is 481 g/mol. The molecule has 0 saturated carbocycles. The van der Waals surface area contributed by atoms with Crippen LogP contribution in [0.5, 0.6) is 0 Å². The molecule has 184 valence electrons. The number of benzene rings is 2. The molecule has 0 N–H and O–H groups in total. The first-order valence-corrected chi connectivity index (χ1v) is 12.8. The molecular weight excluding hydrogens is 450 g/mol. The van der Waals surface area contributed by atoms with Gasteiger partial charge in [-0.2, -0.15) is 15.3 Å². The molecule has 2 aromatic carbocycles. The highest BCUT2D eigenvalue weighted by atomic mass is 16.5. The number of nitrogens with zero attached hydrogens (tertiary/aromatic N) is 5. The normalized spacial score (nSPS) is 17.8. The van der Waals surface area contributed by atoms with Gasteiger partial charge in [0.25, 0.3) is 5.56 Å². The number of fused-ring (bicyclic) bond motifs is 1. The van der Waals surface area contributed by atoms with Gasteiger partial charge in [-0.25, -0.2) is 4.52 Å². The van der Waals surface area contributed by atoms with Crippen molar-refractivity contribution in [3.8, 4) is 17.2 Å². The molecule has 0 spiro atoms. The predicted octanol–water partition coefficient (Wildman–Crippen LogP) is 5.10. The standard InChI is InChI=1S/C29H31N5O2/c1-3-4-9-27-26(17-21-10-12-22(13-11-21)25-8-6-5-7-23(25)18-30)28(35)33(29-31-19-32-34(27)29)24-14-15-36-20(2)16-24/h5-8,10-13,19-20,24H,3-4,9,14-17H2,1-2H3. The van der Waals surface area contributed by atoms with Crippen LogP contribution in [0.3, 0.4) is 0 Å². The van der Waals surface area contributed by atoms with Crippen LogP contribution in [-0.4, -0.2) is 31.9 Å². The Morgan fingerprint density at radius 1 is 1.17 bits per heavy atom. The summed E-state index contributed by atoms with van der Waals surface area (Å²) in [4.78, 5) is 18.6. The van der Waals surface area contributed by atoms with Crippen LogP contribution in [0, 0.1) is 11.3 Å². The molecule has 1 saturated heterocycles. The maximum atomic E-state index is 14.1. The van der Waals surface area contributed by atoms with Gasteiger partial charge in [0.2, 0.25) is 5.78 Å². The van der Waals surface area contributed by atoms with Crippen LogP contribution >= 0.6 is 0 Å². The summed E-state index contributed by atoms with van der Waals surface area (Å²) in [5.41, 5.74) is 5.36. The van der Waals surface area contributed by atoms with Crippen molar-refractivity contribution >= 4 is 5.78 Å². The zero-order valence-electron chi connectivity index (χ0n) is 20.9. The lowest BCUT2D eigenvalue weighted by atomic mass is 9.96. The summed E-state index contributed by atoms with van der Waals surface area (Å²) < 4.78 is 9.49. The number of unbranched alkanes of at least 4 members (excludes halogenated alkanes) is 1. The van der Waals surface area contributed by atoms with Gasteiger partial charge in [-0.15, -0.1) is 0 Å². The summed E-state index contributed by atoms with van der Waals surface area (Å²) in [5.74, 6) is 0.623. The molecule has 4 aromatic rings. The second-order valence-electron chi connectivity index (χ2n) is 9.57. The highest BCUT2D eigenvalue weighted by Crippen LogP contribution is 2.27. The molecule has 0 radical (unpaired) electrons. The number of aryl methyl sites for hydroxylation is 1. The summed E-state index contributed by atoms with van der Waals surface area (Å²) in [6.45, 7) is 4.85. The van der Waals surface area contributed by atoms with Gasteiger partial charge < -0.3 is 4.74 Å². The van der Waals surface area contributed by atoms with Gasteiger partial charge in [-0.05, 0) is 55.4 Å². The number of ether oxygens (including phenoxy) is 1. The molecule has 7 heteroatoms. The Balaban J connectivity index is 1.57. The Hall–Kier alpha value is -3.76. The molecule has 1 fully saturated rings. The molecule has 1 aliphatic rings. The minimum absolute atomic E-state index is 0.0274.